The molecule has 2 atom stereocenters. The maximum absolute atomic E-state index is 13.0. The minimum absolute atomic E-state index is 0.0462. The summed E-state index contributed by atoms with van der Waals surface area (Å²) in [6.45, 7) is 1.78. The zero-order valence-corrected chi connectivity index (χ0v) is 10.8. The van der Waals surface area contributed by atoms with Gasteiger partial charge in [0.25, 0.3) is 0 Å². The van der Waals surface area contributed by atoms with Crippen LogP contribution < -0.4 is 0 Å². The normalized spacial score (nSPS) is 28.8. The number of likely N-dealkylation sites (tertiary alicyclic amines) is 1. The molecular formula is C14H18F3NO. The molecule has 1 saturated heterocycles. The van der Waals surface area contributed by atoms with Gasteiger partial charge in [0.2, 0.25) is 0 Å². The van der Waals surface area contributed by atoms with Crippen molar-refractivity contribution in [2.75, 3.05) is 19.7 Å². The first-order chi connectivity index (χ1) is 8.85. The van der Waals surface area contributed by atoms with Gasteiger partial charge >= 0.3 is 6.18 Å². The van der Waals surface area contributed by atoms with E-state index in [-0.39, 0.29) is 13.1 Å². The van der Waals surface area contributed by atoms with Crippen molar-refractivity contribution in [3.63, 3.8) is 0 Å². The van der Waals surface area contributed by atoms with E-state index in [4.69, 9.17) is 0 Å². The largest absolute Gasteiger partial charge is 0.396 e. The zero-order valence-electron chi connectivity index (χ0n) is 10.8. The lowest BCUT2D eigenvalue weighted by Gasteiger charge is -2.29. The van der Waals surface area contributed by atoms with Gasteiger partial charge in [-0.1, -0.05) is 37.3 Å². The summed E-state index contributed by atoms with van der Waals surface area (Å²) < 4.78 is 39.1. The third kappa shape index (κ3) is 3.09. The van der Waals surface area contributed by atoms with E-state index in [2.05, 4.69) is 0 Å². The van der Waals surface area contributed by atoms with Gasteiger partial charge in [0.05, 0.1) is 12.5 Å². The molecule has 19 heavy (non-hydrogen) atoms. The Balaban J connectivity index is 2.11. The molecule has 0 aliphatic carbocycles. The molecule has 2 nitrogen and oxygen atoms in total. The minimum Gasteiger partial charge on any atom is -0.396 e. The van der Waals surface area contributed by atoms with Crippen molar-refractivity contribution in [3.05, 3.63) is 35.9 Å². The van der Waals surface area contributed by atoms with E-state index in [0.29, 0.717) is 6.54 Å². The van der Waals surface area contributed by atoms with Gasteiger partial charge in [-0.3, -0.25) is 4.90 Å². The average molecular weight is 273 g/mol. The molecule has 0 saturated carbocycles. The predicted molar refractivity (Wildman–Crippen MR) is 66.5 cm³/mol. The Kier molecular flexibility index (Phi) is 3.87. The first-order valence-corrected chi connectivity index (χ1v) is 6.29. The molecular weight excluding hydrogens is 255 g/mol. The van der Waals surface area contributed by atoms with Crippen LogP contribution in [0.5, 0.6) is 0 Å². The number of halogens is 3. The van der Waals surface area contributed by atoms with E-state index >= 15 is 0 Å². The molecule has 0 unspecified atom stereocenters. The Hall–Kier alpha value is -1.07. The van der Waals surface area contributed by atoms with E-state index in [9.17, 15) is 18.3 Å². The fraction of sp³-hybridized carbons (Fsp3) is 0.571. The van der Waals surface area contributed by atoms with E-state index in [1.54, 1.807) is 4.90 Å². The van der Waals surface area contributed by atoms with Crippen LogP contribution >= 0.6 is 0 Å². The van der Waals surface area contributed by atoms with Crippen LogP contribution in [0.4, 0.5) is 13.2 Å². The van der Waals surface area contributed by atoms with Crippen LogP contribution in [0.25, 0.3) is 0 Å². The fourth-order valence-corrected chi connectivity index (χ4v) is 2.79. The SMILES string of the molecule is C[C@]1(CO)CN(Cc2ccccc2)C[C@@H]1C(F)(F)F. The van der Waals surface area contributed by atoms with Crippen LogP contribution in [-0.2, 0) is 6.54 Å². The Morgan fingerprint density at radius 2 is 1.95 bits per heavy atom. The molecule has 2 rings (SSSR count). The summed E-state index contributed by atoms with van der Waals surface area (Å²) in [5, 5.41) is 9.32. The van der Waals surface area contributed by atoms with Gasteiger partial charge in [-0.15, -0.1) is 0 Å². The van der Waals surface area contributed by atoms with Gasteiger partial charge in [0.1, 0.15) is 0 Å². The Labute approximate surface area is 110 Å². The molecule has 1 aromatic rings. The van der Waals surface area contributed by atoms with Crippen LogP contribution in [0, 0.1) is 11.3 Å². The van der Waals surface area contributed by atoms with Crippen molar-refractivity contribution in [3.8, 4) is 0 Å². The lowest BCUT2D eigenvalue weighted by molar-refractivity contribution is -0.197. The fourth-order valence-electron chi connectivity index (χ4n) is 2.79. The van der Waals surface area contributed by atoms with Crippen molar-refractivity contribution in [1.82, 2.24) is 4.90 Å². The molecule has 1 aromatic carbocycles. The number of nitrogens with zero attached hydrogens (tertiary/aromatic N) is 1. The molecule has 1 N–H and O–H groups in total. The number of aliphatic hydroxyl groups is 1. The van der Waals surface area contributed by atoms with Crippen LogP contribution in [-0.4, -0.2) is 35.9 Å². The van der Waals surface area contributed by atoms with Crippen molar-refractivity contribution >= 4 is 0 Å². The summed E-state index contributed by atoms with van der Waals surface area (Å²) in [4.78, 5) is 1.77. The van der Waals surface area contributed by atoms with Gasteiger partial charge in [-0.25, -0.2) is 0 Å². The second kappa shape index (κ2) is 5.13. The van der Waals surface area contributed by atoms with Gasteiger partial charge in [-0.05, 0) is 5.56 Å². The molecule has 1 aliphatic rings. The highest BCUT2D eigenvalue weighted by atomic mass is 19.4. The Morgan fingerprint density at radius 3 is 2.42 bits per heavy atom. The molecule has 1 fully saturated rings. The quantitative estimate of drug-likeness (QED) is 0.915. The maximum atomic E-state index is 13.0. The van der Waals surface area contributed by atoms with Crippen molar-refractivity contribution in [2.24, 2.45) is 11.3 Å². The highest BCUT2D eigenvalue weighted by molar-refractivity contribution is 5.15. The van der Waals surface area contributed by atoms with Crippen molar-refractivity contribution < 1.29 is 18.3 Å². The zero-order chi connectivity index (χ0) is 14.1. The lowest BCUT2D eigenvalue weighted by atomic mass is 9.80. The number of alkyl halides is 3. The van der Waals surface area contributed by atoms with Gasteiger partial charge in [0, 0.05) is 25.0 Å². The van der Waals surface area contributed by atoms with Crippen LogP contribution in [0.2, 0.25) is 0 Å². The number of rotatable bonds is 3. The second-order valence-electron chi connectivity index (χ2n) is 5.56. The van der Waals surface area contributed by atoms with E-state index in [1.165, 1.54) is 6.92 Å². The summed E-state index contributed by atoms with van der Waals surface area (Å²) in [6, 6.07) is 9.42. The summed E-state index contributed by atoms with van der Waals surface area (Å²) in [7, 11) is 0. The monoisotopic (exact) mass is 273 g/mol. The Bertz CT molecular complexity index is 420. The van der Waals surface area contributed by atoms with Crippen molar-refractivity contribution in [2.45, 2.75) is 19.6 Å². The van der Waals surface area contributed by atoms with Crippen LogP contribution in [0.15, 0.2) is 30.3 Å². The first kappa shape index (κ1) is 14.3. The molecule has 1 aliphatic heterocycles. The topological polar surface area (TPSA) is 23.5 Å². The van der Waals surface area contributed by atoms with Gasteiger partial charge < -0.3 is 5.11 Å². The summed E-state index contributed by atoms with van der Waals surface area (Å²) in [5.41, 5.74) is -0.113. The number of hydrogen-bond donors (Lipinski definition) is 1. The van der Waals surface area contributed by atoms with Gasteiger partial charge in [0.15, 0.2) is 0 Å². The third-order valence-corrected chi connectivity index (χ3v) is 3.87. The molecule has 1 heterocycles. The lowest BCUT2D eigenvalue weighted by Crippen LogP contribution is -2.39. The molecule has 0 aromatic heterocycles. The Morgan fingerprint density at radius 1 is 1.32 bits per heavy atom. The molecule has 106 valence electrons. The number of aliphatic hydroxyl groups excluding tert-OH is 1. The van der Waals surface area contributed by atoms with E-state index in [1.807, 2.05) is 30.3 Å². The third-order valence-electron chi connectivity index (χ3n) is 3.87. The number of benzene rings is 1. The molecule has 0 bridgehead atoms. The highest BCUT2D eigenvalue weighted by Gasteiger charge is 2.55. The van der Waals surface area contributed by atoms with Crippen molar-refractivity contribution in [1.29, 1.82) is 0 Å². The van der Waals surface area contributed by atoms with Crippen LogP contribution in [0.3, 0.4) is 0 Å². The van der Waals surface area contributed by atoms with E-state index < -0.39 is 24.1 Å². The maximum Gasteiger partial charge on any atom is 0.393 e. The van der Waals surface area contributed by atoms with E-state index in [0.717, 1.165) is 5.56 Å². The number of hydrogen-bond acceptors (Lipinski definition) is 2. The molecule has 0 amide bonds. The van der Waals surface area contributed by atoms with Crippen LogP contribution in [0.1, 0.15) is 12.5 Å². The summed E-state index contributed by atoms with van der Waals surface area (Å²) in [6.07, 6.45) is -4.26. The standard InChI is InChI=1S/C14H18F3NO/c1-13(10-19)9-18(8-12(13)14(15,16)17)7-11-5-3-2-4-6-11/h2-6,12,19H,7-10H2,1H3/t12-,13+/m0/s1. The average Bonchev–Trinajstić information content (AvgIpc) is 2.68. The molecule has 5 heteroatoms. The minimum atomic E-state index is -4.26. The molecule has 0 radical (unpaired) electrons. The summed E-state index contributed by atoms with van der Waals surface area (Å²) >= 11 is 0. The smallest absolute Gasteiger partial charge is 0.393 e. The predicted octanol–water partition coefficient (Wildman–Crippen LogP) is 2.68. The first-order valence-electron chi connectivity index (χ1n) is 6.29. The summed E-state index contributed by atoms with van der Waals surface area (Å²) in [5.74, 6) is -1.46. The second-order valence-corrected chi connectivity index (χ2v) is 5.56. The molecule has 0 spiro atoms. The highest BCUT2D eigenvalue weighted by Crippen LogP contribution is 2.45. The van der Waals surface area contributed by atoms with Gasteiger partial charge in [-0.2, -0.15) is 13.2 Å².